The molecule has 5 heteroatoms. The molecule has 1 saturated carbocycles. The summed E-state index contributed by atoms with van der Waals surface area (Å²) in [7, 11) is 0. The van der Waals surface area contributed by atoms with Gasteiger partial charge in [-0.3, -0.25) is 0 Å². The fourth-order valence-electron chi connectivity index (χ4n) is 2.69. The normalized spacial score (nSPS) is 15.3. The lowest BCUT2D eigenvalue weighted by molar-refractivity contribution is -0.0572. The van der Waals surface area contributed by atoms with E-state index in [4.69, 9.17) is 14.7 Å². The van der Waals surface area contributed by atoms with Gasteiger partial charge >= 0.3 is 0 Å². The van der Waals surface area contributed by atoms with Crippen LogP contribution in [0.2, 0.25) is 0 Å². The molecule has 1 N–H and O–H groups in total. The van der Waals surface area contributed by atoms with Gasteiger partial charge in [0.15, 0.2) is 5.82 Å². The number of hydrogen-bond donors (Lipinski definition) is 1. The summed E-state index contributed by atoms with van der Waals surface area (Å²) in [5.41, 5.74) is 0.856. The molecular weight excluding hydrogens is 377 g/mol. The Hall–Kier alpha value is -0.430. The van der Waals surface area contributed by atoms with E-state index in [0.29, 0.717) is 12.5 Å². The number of rotatable bonds is 8. The van der Waals surface area contributed by atoms with E-state index in [1.807, 2.05) is 6.92 Å². The highest BCUT2D eigenvalue weighted by atomic mass is 127. The Bertz CT molecular complexity index is 485. The molecule has 0 saturated heterocycles. The molecule has 0 aliphatic heterocycles. The van der Waals surface area contributed by atoms with Gasteiger partial charge in [-0.05, 0) is 62.1 Å². The van der Waals surface area contributed by atoms with Crippen LogP contribution in [0.3, 0.4) is 0 Å². The first-order chi connectivity index (χ1) is 10.1. The van der Waals surface area contributed by atoms with E-state index in [-0.39, 0.29) is 5.60 Å². The van der Waals surface area contributed by atoms with E-state index in [1.165, 1.54) is 22.1 Å². The maximum absolute atomic E-state index is 6.09. The summed E-state index contributed by atoms with van der Waals surface area (Å²) in [6, 6.07) is 0. The summed E-state index contributed by atoms with van der Waals surface area (Å²) in [5.74, 6) is 2.44. The fraction of sp³-hybridized carbons (Fsp3) is 0.750. The van der Waals surface area contributed by atoms with Gasteiger partial charge in [-0.1, -0.05) is 13.8 Å². The van der Waals surface area contributed by atoms with Crippen LogP contribution in [0.25, 0.3) is 0 Å². The van der Waals surface area contributed by atoms with Crippen LogP contribution in [0.15, 0.2) is 0 Å². The first kappa shape index (κ1) is 16.9. The quantitative estimate of drug-likeness (QED) is 0.652. The summed E-state index contributed by atoms with van der Waals surface area (Å²) in [4.78, 5) is 9.74. The van der Waals surface area contributed by atoms with Crippen molar-refractivity contribution in [3.63, 3.8) is 0 Å². The Morgan fingerprint density at radius 3 is 2.33 bits per heavy atom. The minimum atomic E-state index is -0.354. The van der Waals surface area contributed by atoms with E-state index >= 15 is 0 Å². The van der Waals surface area contributed by atoms with E-state index in [9.17, 15) is 0 Å². The van der Waals surface area contributed by atoms with Gasteiger partial charge in [-0.25, -0.2) is 9.97 Å². The second kappa shape index (κ2) is 7.22. The molecule has 0 atom stereocenters. The molecule has 1 aliphatic carbocycles. The first-order valence-electron chi connectivity index (χ1n) is 8.07. The first-order valence-corrected chi connectivity index (χ1v) is 9.15. The number of halogens is 1. The van der Waals surface area contributed by atoms with Crippen molar-refractivity contribution in [3.8, 4) is 0 Å². The lowest BCUT2D eigenvalue weighted by atomic mass is 9.95. The van der Waals surface area contributed by atoms with E-state index in [1.54, 1.807) is 0 Å². The number of nitrogens with zero attached hydrogens (tertiary/aromatic N) is 2. The molecular formula is C16H26IN3O. The van der Waals surface area contributed by atoms with Gasteiger partial charge in [-0.15, -0.1) is 0 Å². The van der Waals surface area contributed by atoms with Gasteiger partial charge in [0.2, 0.25) is 0 Å². The standard InChI is InChI=1S/C16H26IN3O/c1-5-16(6-2,21-8-4)15-19-13(11-9-10-11)12(17)14(20-15)18-7-3/h11H,5-10H2,1-4H3,(H,18,19,20). The lowest BCUT2D eigenvalue weighted by Crippen LogP contribution is -2.32. The number of nitrogens with one attached hydrogen (secondary N) is 1. The van der Waals surface area contributed by atoms with Gasteiger partial charge in [0.25, 0.3) is 0 Å². The van der Waals surface area contributed by atoms with Crippen LogP contribution >= 0.6 is 22.6 Å². The molecule has 1 aromatic heterocycles. The Morgan fingerprint density at radius 2 is 1.86 bits per heavy atom. The van der Waals surface area contributed by atoms with Crippen molar-refractivity contribution in [3.05, 3.63) is 15.1 Å². The highest BCUT2D eigenvalue weighted by molar-refractivity contribution is 14.1. The minimum Gasteiger partial charge on any atom is -0.369 e. The van der Waals surface area contributed by atoms with Gasteiger partial charge in [-0.2, -0.15) is 0 Å². The predicted octanol–water partition coefficient (Wildman–Crippen LogP) is 4.44. The summed E-state index contributed by atoms with van der Waals surface area (Å²) in [5, 5.41) is 3.39. The smallest absolute Gasteiger partial charge is 0.162 e. The highest BCUT2D eigenvalue weighted by Crippen LogP contribution is 2.43. The maximum atomic E-state index is 6.09. The second-order valence-corrected chi connectivity index (χ2v) is 6.61. The van der Waals surface area contributed by atoms with Crippen LogP contribution in [0.4, 0.5) is 5.82 Å². The number of aromatic nitrogens is 2. The molecule has 0 bridgehead atoms. The van der Waals surface area contributed by atoms with Crippen LogP contribution in [0, 0.1) is 3.57 Å². The zero-order chi connectivity index (χ0) is 15.5. The molecule has 0 radical (unpaired) electrons. The van der Waals surface area contributed by atoms with Gasteiger partial charge in [0, 0.05) is 19.1 Å². The largest absolute Gasteiger partial charge is 0.369 e. The molecule has 1 aliphatic rings. The third-order valence-electron chi connectivity index (χ3n) is 4.16. The van der Waals surface area contributed by atoms with Crippen molar-refractivity contribution in [1.29, 1.82) is 0 Å². The molecule has 0 spiro atoms. The van der Waals surface area contributed by atoms with Gasteiger partial charge in [0.05, 0.1) is 9.26 Å². The van der Waals surface area contributed by atoms with E-state index in [0.717, 1.165) is 31.0 Å². The van der Waals surface area contributed by atoms with Crippen LogP contribution < -0.4 is 5.32 Å². The van der Waals surface area contributed by atoms with E-state index in [2.05, 4.69) is 48.7 Å². The van der Waals surface area contributed by atoms with Crippen molar-refractivity contribution in [2.75, 3.05) is 18.5 Å². The average molecular weight is 403 g/mol. The van der Waals surface area contributed by atoms with Crippen molar-refractivity contribution >= 4 is 28.4 Å². The summed E-state index contributed by atoms with van der Waals surface area (Å²) in [6.45, 7) is 10.0. The Kier molecular flexibility index (Phi) is 5.82. The van der Waals surface area contributed by atoms with Crippen molar-refractivity contribution < 1.29 is 4.74 Å². The van der Waals surface area contributed by atoms with Crippen LogP contribution in [-0.4, -0.2) is 23.1 Å². The molecule has 4 nitrogen and oxygen atoms in total. The van der Waals surface area contributed by atoms with Crippen LogP contribution in [0.5, 0.6) is 0 Å². The summed E-state index contributed by atoms with van der Waals surface area (Å²) >= 11 is 2.38. The van der Waals surface area contributed by atoms with E-state index < -0.39 is 0 Å². The van der Waals surface area contributed by atoms with Crippen molar-refractivity contribution in [2.24, 2.45) is 0 Å². The molecule has 1 fully saturated rings. The van der Waals surface area contributed by atoms with Gasteiger partial charge < -0.3 is 10.1 Å². The lowest BCUT2D eigenvalue weighted by Gasteiger charge is -2.31. The average Bonchev–Trinajstić information content (AvgIpc) is 3.32. The van der Waals surface area contributed by atoms with Crippen LogP contribution in [-0.2, 0) is 10.3 Å². The van der Waals surface area contributed by atoms with Crippen molar-refractivity contribution in [1.82, 2.24) is 9.97 Å². The highest BCUT2D eigenvalue weighted by Gasteiger charge is 2.36. The molecule has 2 rings (SSSR count). The maximum Gasteiger partial charge on any atom is 0.162 e. The Balaban J connectivity index is 2.50. The number of hydrogen-bond acceptors (Lipinski definition) is 4. The zero-order valence-corrected chi connectivity index (χ0v) is 15.7. The molecule has 1 aromatic rings. The molecule has 0 amide bonds. The number of ether oxygens (including phenoxy) is 1. The fourth-order valence-corrected chi connectivity index (χ4v) is 3.56. The zero-order valence-electron chi connectivity index (χ0n) is 13.5. The third-order valence-corrected chi connectivity index (χ3v) is 5.22. The summed E-state index contributed by atoms with van der Waals surface area (Å²) in [6.07, 6.45) is 4.29. The topological polar surface area (TPSA) is 47.0 Å². The van der Waals surface area contributed by atoms with Gasteiger partial charge in [0.1, 0.15) is 11.4 Å². The number of anilines is 1. The Morgan fingerprint density at radius 1 is 1.19 bits per heavy atom. The second-order valence-electron chi connectivity index (χ2n) is 5.53. The van der Waals surface area contributed by atoms with Crippen LogP contribution in [0.1, 0.15) is 70.8 Å². The molecule has 21 heavy (non-hydrogen) atoms. The molecule has 118 valence electrons. The molecule has 0 unspecified atom stereocenters. The molecule has 1 heterocycles. The monoisotopic (exact) mass is 403 g/mol. The molecule has 0 aromatic carbocycles. The Labute approximate surface area is 141 Å². The third kappa shape index (κ3) is 3.50. The summed E-state index contributed by atoms with van der Waals surface area (Å²) < 4.78 is 7.27. The SMILES string of the molecule is CCNc1nc(C(CC)(CC)OCC)nc(C2CC2)c1I. The minimum absolute atomic E-state index is 0.354. The van der Waals surface area contributed by atoms with Crippen molar-refractivity contribution in [2.45, 2.75) is 64.9 Å². The predicted molar refractivity (Wildman–Crippen MR) is 94.8 cm³/mol.